The Hall–Kier alpha value is -1.88. The molecule has 0 bridgehead atoms. The molecule has 17 heavy (non-hydrogen) atoms. The summed E-state index contributed by atoms with van der Waals surface area (Å²) in [7, 11) is 1.99. The van der Waals surface area contributed by atoms with E-state index in [9.17, 15) is 0 Å². The number of H-pyrrole nitrogens is 1. The second kappa shape index (κ2) is 3.85. The molecule has 0 aliphatic rings. The molecule has 3 aromatic rings. The maximum atomic E-state index is 5.34. The minimum Gasteiger partial charge on any atom is -0.337 e. The van der Waals surface area contributed by atoms with Gasteiger partial charge in [-0.1, -0.05) is 12.1 Å². The number of para-hydroxylation sites is 2. The molecule has 0 saturated carbocycles. The molecule has 0 fully saturated rings. The van der Waals surface area contributed by atoms with Gasteiger partial charge in [-0.2, -0.15) is 0 Å². The minimum absolute atomic E-state index is 0.687. The van der Waals surface area contributed by atoms with Crippen LogP contribution in [0.2, 0.25) is 0 Å². The highest BCUT2D eigenvalue weighted by Gasteiger charge is 2.06. The zero-order chi connectivity index (χ0) is 11.8. The van der Waals surface area contributed by atoms with Crippen molar-refractivity contribution in [1.29, 1.82) is 0 Å². The van der Waals surface area contributed by atoms with Gasteiger partial charge in [0.1, 0.15) is 5.82 Å². The van der Waals surface area contributed by atoms with Crippen molar-refractivity contribution in [1.82, 2.24) is 19.1 Å². The standard InChI is InChI=1S/C12H12N4S/c1-15-7-6-13-11(15)8-16-10-5-3-2-4-9(10)14-12(16)17/h2-7H,8H2,1H3,(H,14,17). The molecular formula is C12H12N4S. The molecule has 3 rings (SSSR count). The molecule has 2 heterocycles. The number of hydrogen-bond acceptors (Lipinski definition) is 2. The predicted octanol–water partition coefficient (Wildman–Crippen LogP) is 2.48. The van der Waals surface area contributed by atoms with Crippen LogP contribution in [0.4, 0.5) is 0 Å². The van der Waals surface area contributed by atoms with Crippen molar-refractivity contribution in [2.24, 2.45) is 7.05 Å². The summed E-state index contributed by atoms with van der Waals surface area (Å²) in [6.07, 6.45) is 3.74. The Kier molecular flexibility index (Phi) is 2.33. The average molecular weight is 244 g/mol. The molecule has 5 heteroatoms. The van der Waals surface area contributed by atoms with Crippen LogP contribution in [0.1, 0.15) is 5.82 Å². The van der Waals surface area contributed by atoms with Crippen LogP contribution in [-0.2, 0) is 13.6 Å². The number of aromatic nitrogens is 4. The maximum Gasteiger partial charge on any atom is 0.178 e. The molecule has 4 nitrogen and oxygen atoms in total. The van der Waals surface area contributed by atoms with Gasteiger partial charge in [0, 0.05) is 19.4 Å². The van der Waals surface area contributed by atoms with Crippen LogP contribution in [0.3, 0.4) is 0 Å². The van der Waals surface area contributed by atoms with Crippen LogP contribution < -0.4 is 0 Å². The summed E-state index contributed by atoms with van der Waals surface area (Å²) in [6.45, 7) is 0.687. The predicted molar refractivity (Wildman–Crippen MR) is 69.4 cm³/mol. The van der Waals surface area contributed by atoms with Gasteiger partial charge in [0.2, 0.25) is 0 Å². The topological polar surface area (TPSA) is 38.5 Å². The highest BCUT2D eigenvalue weighted by Crippen LogP contribution is 2.14. The third kappa shape index (κ3) is 1.68. The van der Waals surface area contributed by atoms with Crippen LogP contribution >= 0.6 is 12.2 Å². The molecule has 0 unspecified atom stereocenters. The van der Waals surface area contributed by atoms with Gasteiger partial charge >= 0.3 is 0 Å². The summed E-state index contributed by atoms with van der Waals surface area (Å²) in [5.74, 6) is 0.992. The molecule has 1 aromatic carbocycles. The first-order valence-electron chi connectivity index (χ1n) is 5.39. The lowest BCUT2D eigenvalue weighted by atomic mass is 10.3. The molecule has 0 radical (unpaired) electrons. The molecule has 0 atom stereocenters. The zero-order valence-electron chi connectivity index (χ0n) is 9.42. The molecule has 0 amide bonds. The summed E-state index contributed by atoms with van der Waals surface area (Å²) in [6, 6.07) is 8.10. The van der Waals surface area contributed by atoms with E-state index in [0.717, 1.165) is 21.6 Å². The summed E-state index contributed by atoms with van der Waals surface area (Å²) in [4.78, 5) is 7.52. The first-order valence-corrected chi connectivity index (χ1v) is 5.80. The van der Waals surface area contributed by atoms with E-state index in [1.165, 1.54) is 0 Å². The van der Waals surface area contributed by atoms with Crippen molar-refractivity contribution in [3.05, 3.63) is 47.3 Å². The van der Waals surface area contributed by atoms with Gasteiger partial charge in [0.15, 0.2) is 4.77 Å². The van der Waals surface area contributed by atoms with Crippen molar-refractivity contribution in [3.63, 3.8) is 0 Å². The van der Waals surface area contributed by atoms with E-state index in [2.05, 4.69) is 20.6 Å². The van der Waals surface area contributed by atoms with Crippen LogP contribution in [0.5, 0.6) is 0 Å². The van der Waals surface area contributed by atoms with Gasteiger partial charge < -0.3 is 14.1 Å². The van der Waals surface area contributed by atoms with E-state index in [4.69, 9.17) is 12.2 Å². The van der Waals surface area contributed by atoms with E-state index in [1.54, 1.807) is 6.20 Å². The van der Waals surface area contributed by atoms with Gasteiger partial charge in [0.25, 0.3) is 0 Å². The largest absolute Gasteiger partial charge is 0.337 e. The first kappa shape index (κ1) is 10.3. The first-order chi connectivity index (χ1) is 8.25. The summed E-state index contributed by atoms with van der Waals surface area (Å²) < 4.78 is 4.80. The van der Waals surface area contributed by atoms with E-state index in [0.29, 0.717) is 6.54 Å². The summed E-state index contributed by atoms with van der Waals surface area (Å²) in [5.41, 5.74) is 2.17. The summed E-state index contributed by atoms with van der Waals surface area (Å²) >= 11 is 5.34. The smallest absolute Gasteiger partial charge is 0.178 e. The second-order valence-electron chi connectivity index (χ2n) is 3.99. The highest BCUT2D eigenvalue weighted by molar-refractivity contribution is 7.71. The molecular weight excluding hydrogens is 232 g/mol. The lowest BCUT2D eigenvalue weighted by Gasteiger charge is -2.04. The van der Waals surface area contributed by atoms with E-state index in [-0.39, 0.29) is 0 Å². The number of nitrogens with zero attached hydrogens (tertiary/aromatic N) is 3. The Balaban J connectivity index is 2.15. The summed E-state index contributed by atoms with van der Waals surface area (Å²) in [5, 5.41) is 0. The Morgan fingerprint density at radius 1 is 1.35 bits per heavy atom. The van der Waals surface area contributed by atoms with E-state index >= 15 is 0 Å². The Labute approximate surface area is 104 Å². The third-order valence-corrected chi connectivity index (χ3v) is 3.22. The molecule has 0 aliphatic heterocycles. The Bertz CT molecular complexity index is 719. The quantitative estimate of drug-likeness (QED) is 0.703. The van der Waals surface area contributed by atoms with Gasteiger partial charge in [-0.15, -0.1) is 0 Å². The number of aryl methyl sites for hydroxylation is 1. The van der Waals surface area contributed by atoms with Gasteiger partial charge in [-0.3, -0.25) is 0 Å². The lowest BCUT2D eigenvalue weighted by molar-refractivity contribution is 0.707. The van der Waals surface area contributed by atoms with Gasteiger partial charge in [-0.25, -0.2) is 4.98 Å². The van der Waals surface area contributed by atoms with Gasteiger partial charge in [0.05, 0.1) is 17.6 Å². The lowest BCUT2D eigenvalue weighted by Crippen LogP contribution is -2.05. The van der Waals surface area contributed by atoms with Gasteiger partial charge in [-0.05, 0) is 24.4 Å². The van der Waals surface area contributed by atoms with Crippen LogP contribution in [0.25, 0.3) is 11.0 Å². The number of imidazole rings is 2. The van der Waals surface area contributed by atoms with Crippen LogP contribution in [-0.4, -0.2) is 19.1 Å². The van der Waals surface area contributed by atoms with Crippen molar-refractivity contribution >= 4 is 23.3 Å². The number of fused-ring (bicyclic) bond motifs is 1. The zero-order valence-corrected chi connectivity index (χ0v) is 10.2. The molecule has 86 valence electrons. The Morgan fingerprint density at radius 2 is 2.18 bits per heavy atom. The number of hydrogen-bond donors (Lipinski definition) is 1. The average Bonchev–Trinajstić information content (AvgIpc) is 2.85. The third-order valence-electron chi connectivity index (χ3n) is 2.90. The number of aromatic amines is 1. The van der Waals surface area contributed by atoms with Crippen molar-refractivity contribution in [2.45, 2.75) is 6.54 Å². The van der Waals surface area contributed by atoms with E-state index < -0.39 is 0 Å². The molecule has 1 N–H and O–H groups in total. The van der Waals surface area contributed by atoms with Crippen LogP contribution in [0.15, 0.2) is 36.7 Å². The Morgan fingerprint density at radius 3 is 2.94 bits per heavy atom. The second-order valence-corrected chi connectivity index (χ2v) is 4.37. The number of rotatable bonds is 2. The molecule has 0 aliphatic carbocycles. The van der Waals surface area contributed by atoms with Crippen molar-refractivity contribution in [3.8, 4) is 0 Å². The minimum atomic E-state index is 0.687. The number of nitrogens with one attached hydrogen (secondary N) is 1. The molecule has 2 aromatic heterocycles. The van der Waals surface area contributed by atoms with Crippen LogP contribution in [0, 0.1) is 4.77 Å². The highest BCUT2D eigenvalue weighted by atomic mass is 32.1. The SMILES string of the molecule is Cn1ccnc1Cn1c(=S)[nH]c2ccccc21. The number of benzene rings is 1. The maximum absolute atomic E-state index is 5.34. The normalized spacial score (nSPS) is 11.1. The molecule has 0 saturated heterocycles. The van der Waals surface area contributed by atoms with E-state index in [1.807, 2.05) is 36.0 Å². The van der Waals surface area contributed by atoms with Crippen molar-refractivity contribution in [2.75, 3.05) is 0 Å². The fourth-order valence-electron chi connectivity index (χ4n) is 1.95. The van der Waals surface area contributed by atoms with Crippen molar-refractivity contribution < 1.29 is 0 Å². The fourth-order valence-corrected chi connectivity index (χ4v) is 2.23. The molecule has 0 spiro atoms. The fraction of sp³-hybridized carbons (Fsp3) is 0.167. The monoisotopic (exact) mass is 244 g/mol.